The van der Waals surface area contributed by atoms with Crippen molar-refractivity contribution in [1.82, 2.24) is 0 Å². The van der Waals surface area contributed by atoms with Crippen molar-refractivity contribution in [2.45, 2.75) is 38.7 Å². The van der Waals surface area contributed by atoms with Gasteiger partial charge >= 0.3 is 0 Å². The van der Waals surface area contributed by atoms with Gasteiger partial charge in [0.2, 0.25) is 0 Å². The van der Waals surface area contributed by atoms with Crippen LogP contribution in [0.25, 0.3) is 16.3 Å². The van der Waals surface area contributed by atoms with Crippen molar-refractivity contribution in [2.75, 3.05) is 7.11 Å². The Balaban J connectivity index is 1.89. The minimum absolute atomic E-state index is 0.189. The number of oxime groups is 1. The minimum atomic E-state index is -0.258. The maximum atomic E-state index is 10.6. The summed E-state index contributed by atoms with van der Waals surface area (Å²) in [5, 5.41) is 17.4. The highest BCUT2D eigenvalue weighted by Crippen LogP contribution is 2.49. The standard InChI is InChI=1S/C22H25NO2/c1-3-20(23-25-2)22-18(10-14-11-19(22)21(24)12-14)17-9-8-15-6-4-5-7-16(15)13-17/h4-9,13-14,19,21,24H,3,10-12H2,1-2H3/t14?,19-,21?/m1/s1. The molecule has 3 nitrogen and oxygen atoms in total. The summed E-state index contributed by atoms with van der Waals surface area (Å²) in [5.74, 6) is 0.764. The van der Waals surface area contributed by atoms with Gasteiger partial charge in [0.1, 0.15) is 7.11 Å². The molecule has 0 amide bonds. The molecule has 2 bridgehead atoms. The fourth-order valence-corrected chi connectivity index (χ4v) is 4.67. The van der Waals surface area contributed by atoms with Crippen LogP contribution in [0.5, 0.6) is 0 Å². The molecule has 0 saturated heterocycles. The summed E-state index contributed by atoms with van der Waals surface area (Å²) in [5.41, 5.74) is 4.81. The normalized spacial score (nSPS) is 26.4. The third-order valence-corrected chi connectivity index (χ3v) is 5.76. The Hall–Kier alpha value is -2.13. The first-order valence-electron chi connectivity index (χ1n) is 9.22. The van der Waals surface area contributed by atoms with Crippen LogP contribution in [-0.2, 0) is 4.84 Å². The lowest BCUT2D eigenvalue weighted by atomic mass is 9.77. The Morgan fingerprint density at radius 2 is 1.96 bits per heavy atom. The van der Waals surface area contributed by atoms with E-state index in [2.05, 4.69) is 54.5 Å². The Labute approximate surface area is 149 Å². The summed E-state index contributed by atoms with van der Waals surface area (Å²) in [4.78, 5) is 5.12. The highest BCUT2D eigenvalue weighted by molar-refractivity contribution is 6.07. The number of hydrogen-bond donors (Lipinski definition) is 1. The molecule has 1 saturated carbocycles. The van der Waals surface area contributed by atoms with E-state index in [0.717, 1.165) is 31.4 Å². The Morgan fingerprint density at radius 3 is 2.72 bits per heavy atom. The SMILES string of the molecule is CCC(=NOC)C1=C(c2ccc3ccccc3c2)CC2CC(O)[C@H]1C2. The maximum Gasteiger partial charge on any atom is 0.106 e. The maximum absolute atomic E-state index is 10.6. The largest absolute Gasteiger partial charge is 0.399 e. The first-order valence-corrected chi connectivity index (χ1v) is 9.22. The van der Waals surface area contributed by atoms with Crippen LogP contribution in [0, 0.1) is 11.8 Å². The lowest BCUT2D eigenvalue weighted by molar-refractivity contribution is 0.149. The van der Waals surface area contributed by atoms with Crippen LogP contribution in [0.4, 0.5) is 0 Å². The second-order valence-corrected chi connectivity index (χ2v) is 7.24. The van der Waals surface area contributed by atoms with Crippen molar-refractivity contribution < 1.29 is 9.94 Å². The molecule has 0 aliphatic heterocycles. The van der Waals surface area contributed by atoms with E-state index in [4.69, 9.17) is 4.84 Å². The van der Waals surface area contributed by atoms with Crippen LogP contribution in [0.2, 0.25) is 0 Å². The Bertz CT molecular complexity index is 852. The van der Waals surface area contributed by atoms with Crippen molar-refractivity contribution in [3.8, 4) is 0 Å². The van der Waals surface area contributed by atoms with E-state index in [9.17, 15) is 5.11 Å². The van der Waals surface area contributed by atoms with Crippen molar-refractivity contribution in [2.24, 2.45) is 17.0 Å². The number of allylic oxidation sites excluding steroid dienone is 1. The minimum Gasteiger partial charge on any atom is -0.399 e. The van der Waals surface area contributed by atoms with Crippen molar-refractivity contribution in [3.05, 3.63) is 53.6 Å². The van der Waals surface area contributed by atoms with E-state index in [1.807, 2.05) is 0 Å². The van der Waals surface area contributed by atoms with Crippen molar-refractivity contribution in [1.29, 1.82) is 0 Å². The molecule has 0 radical (unpaired) electrons. The molecule has 2 unspecified atom stereocenters. The van der Waals surface area contributed by atoms with Gasteiger partial charge < -0.3 is 9.94 Å². The van der Waals surface area contributed by atoms with E-state index >= 15 is 0 Å². The molecule has 1 N–H and O–H groups in total. The summed E-state index contributed by atoms with van der Waals surface area (Å²) in [7, 11) is 1.60. The number of benzene rings is 2. The molecule has 2 aliphatic rings. The topological polar surface area (TPSA) is 41.8 Å². The highest BCUT2D eigenvalue weighted by Gasteiger charge is 2.42. The number of hydrogen-bond acceptors (Lipinski definition) is 3. The lowest BCUT2D eigenvalue weighted by Crippen LogP contribution is -2.23. The third-order valence-electron chi connectivity index (χ3n) is 5.76. The van der Waals surface area contributed by atoms with Gasteiger partial charge in [-0.3, -0.25) is 0 Å². The number of aliphatic hydroxyl groups is 1. The van der Waals surface area contributed by atoms with E-state index in [0.29, 0.717) is 5.92 Å². The molecule has 3 atom stereocenters. The van der Waals surface area contributed by atoms with E-state index in [-0.39, 0.29) is 12.0 Å². The number of fused-ring (bicyclic) bond motifs is 3. The van der Waals surface area contributed by atoms with Gasteiger partial charge in [0.05, 0.1) is 11.8 Å². The monoisotopic (exact) mass is 335 g/mol. The van der Waals surface area contributed by atoms with Gasteiger partial charge in [0.15, 0.2) is 0 Å². The molecule has 130 valence electrons. The van der Waals surface area contributed by atoms with Crippen molar-refractivity contribution >= 4 is 22.1 Å². The first kappa shape index (κ1) is 16.3. The molecule has 2 aromatic carbocycles. The zero-order valence-corrected chi connectivity index (χ0v) is 14.9. The number of nitrogens with zero attached hydrogens (tertiary/aromatic N) is 1. The van der Waals surface area contributed by atoms with Gasteiger partial charge in [-0.25, -0.2) is 0 Å². The summed E-state index contributed by atoms with van der Waals surface area (Å²) < 4.78 is 0. The molecule has 4 rings (SSSR count). The number of rotatable bonds is 4. The smallest absolute Gasteiger partial charge is 0.106 e. The molecule has 0 aromatic heterocycles. The Morgan fingerprint density at radius 1 is 1.16 bits per heavy atom. The van der Waals surface area contributed by atoms with Crippen LogP contribution in [0.15, 0.2) is 53.2 Å². The van der Waals surface area contributed by atoms with Gasteiger partial charge in [-0.05, 0) is 65.1 Å². The van der Waals surface area contributed by atoms with Gasteiger partial charge in [-0.2, -0.15) is 0 Å². The van der Waals surface area contributed by atoms with E-state index in [1.54, 1.807) is 7.11 Å². The quantitative estimate of drug-likeness (QED) is 0.644. The van der Waals surface area contributed by atoms with Crippen LogP contribution in [-0.4, -0.2) is 24.0 Å². The number of aliphatic hydroxyl groups excluding tert-OH is 1. The first-order chi connectivity index (χ1) is 12.2. The average molecular weight is 335 g/mol. The lowest BCUT2D eigenvalue weighted by Gasteiger charge is -2.28. The van der Waals surface area contributed by atoms with Crippen molar-refractivity contribution in [3.63, 3.8) is 0 Å². The molecular weight excluding hydrogens is 310 g/mol. The molecule has 2 aliphatic carbocycles. The van der Waals surface area contributed by atoms with E-state index < -0.39 is 0 Å². The summed E-state index contributed by atoms with van der Waals surface area (Å²) >= 11 is 0. The van der Waals surface area contributed by atoms with Crippen LogP contribution in [0.1, 0.15) is 38.2 Å². The van der Waals surface area contributed by atoms with Gasteiger partial charge in [0, 0.05) is 5.92 Å². The Kier molecular flexibility index (Phi) is 4.34. The van der Waals surface area contributed by atoms with Gasteiger partial charge in [-0.15, -0.1) is 0 Å². The van der Waals surface area contributed by atoms with Gasteiger partial charge in [0.25, 0.3) is 0 Å². The predicted octanol–water partition coefficient (Wildman–Crippen LogP) is 4.80. The van der Waals surface area contributed by atoms with Crippen LogP contribution < -0.4 is 0 Å². The fourth-order valence-electron chi connectivity index (χ4n) is 4.67. The fraction of sp³-hybridized carbons (Fsp3) is 0.409. The molecule has 25 heavy (non-hydrogen) atoms. The third kappa shape index (κ3) is 2.87. The zero-order chi connectivity index (χ0) is 17.4. The molecule has 3 heteroatoms. The molecule has 2 aromatic rings. The predicted molar refractivity (Wildman–Crippen MR) is 102 cm³/mol. The zero-order valence-electron chi connectivity index (χ0n) is 14.9. The summed E-state index contributed by atoms with van der Waals surface area (Å²) in [6.07, 6.45) is 3.54. The molecule has 0 spiro atoms. The second kappa shape index (κ2) is 6.64. The van der Waals surface area contributed by atoms with Gasteiger partial charge in [-0.1, -0.05) is 48.5 Å². The van der Waals surface area contributed by atoms with Crippen LogP contribution >= 0.6 is 0 Å². The summed E-state index contributed by atoms with van der Waals surface area (Å²) in [6.45, 7) is 2.11. The highest BCUT2D eigenvalue weighted by atomic mass is 16.6. The summed E-state index contributed by atoms with van der Waals surface area (Å²) in [6, 6.07) is 15.2. The van der Waals surface area contributed by atoms with E-state index in [1.165, 1.54) is 27.5 Å². The molecular formula is C22H25NO2. The molecule has 1 fully saturated rings. The molecule has 0 heterocycles. The van der Waals surface area contributed by atoms with Crippen LogP contribution in [0.3, 0.4) is 0 Å². The second-order valence-electron chi connectivity index (χ2n) is 7.24. The average Bonchev–Trinajstić information content (AvgIpc) is 2.94.